The number of rotatable bonds is 6. The molecule has 8 nitrogen and oxygen atoms in total. The highest BCUT2D eigenvalue weighted by Crippen LogP contribution is 2.17. The van der Waals surface area contributed by atoms with Crippen molar-refractivity contribution >= 4 is 17.9 Å². The average Bonchev–Trinajstić information content (AvgIpc) is 3.08. The van der Waals surface area contributed by atoms with Crippen LogP contribution in [0.25, 0.3) is 0 Å². The molecular formula is C16H21N3O5. The fraction of sp³-hybridized carbons (Fsp3) is 0.438. The van der Waals surface area contributed by atoms with E-state index < -0.39 is 24.0 Å². The molecule has 1 aliphatic heterocycles. The minimum Gasteiger partial charge on any atom is -0.445 e. The van der Waals surface area contributed by atoms with E-state index in [1.54, 1.807) is 0 Å². The molecule has 2 rings (SSSR count). The Morgan fingerprint density at radius 3 is 2.71 bits per heavy atom. The van der Waals surface area contributed by atoms with Gasteiger partial charge in [-0.15, -0.1) is 0 Å². The van der Waals surface area contributed by atoms with Gasteiger partial charge in [-0.25, -0.2) is 4.79 Å². The van der Waals surface area contributed by atoms with Crippen molar-refractivity contribution in [3.63, 3.8) is 0 Å². The SMILES string of the molecule is NC(=O)C(O)CNC(=O)C1CCN(C(=O)OCc2ccccc2)C1. The smallest absolute Gasteiger partial charge is 0.410 e. The molecule has 3 amide bonds. The van der Waals surface area contributed by atoms with E-state index in [4.69, 9.17) is 10.5 Å². The Kier molecular flexibility index (Phi) is 6.14. The third kappa shape index (κ3) is 4.95. The molecule has 1 heterocycles. The molecule has 1 aromatic carbocycles. The van der Waals surface area contributed by atoms with E-state index in [-0.39, 0.29) is 25.6 Å². The van der Waals surface area contributed by atoms with Crippen LogP contribution in [-0.4, -0.2) is 53.7 Å². The highest BCUT2D eigenvalue weighted by molar-refractivity contribution is 5.82. The van der Waals surface area contributed by atoms with Crippen LogP contribution >= 0.6 is 0 Å². The van der Waals surface area contributed by atoms with Crippen molar-refractivity contribution in [2.45, 2.75) is 19.1 Å². The van der Waals surface area contributed by atoms with Crippen molar-refractivity contribution in [2.24, 2.45) is 11.7 Å². The van der Waals surface area contributed by atoms with E-state index >= 15 is 0 Å². The molecular weight excluding hydrogens is 314 g/mol. The van der Waals surface area contributed by atoms with Crippen molar-refractivity contribution in [3.8, 4) is 0 Å². The van der Waals surface area contributed by atoms with Gasteiger partial charge in [0.05, 0.1) is 12.5 Å². The van der Waals surface area contributed by atoms with Crippen LogP contribution in [0.2, 0.25) is 0 Å². The van der Waals surface area contributed by atoms with Crippen LogP contribution in [0.5, 0.6) is 0 Å². The number of ether oxygens (including phenoxy) is 1. The highest BCUT2D eigenvalue weighted by atomic mass is 16.6. The van der Waals surface area contributed by atoms with Gasteiger partial charge in [0.15, 0.2) is 0 Å². The van der Waals surface area contributed by atoms with Crippen LogP contribution in [0.1, 0.15) is 12.0 Å². The minimum atomic E-state index is -1.41. The second kappa shape index (κ2) is 8.30. The molecule has 2 atom stereocenters. The lowest BCUT2D eigenvalue weighted by molar-refractivity contribution is -0.128. The van der Waals surface area contributed by atoms with Gasteiger partial charge in [0, 0.05) is 13.1 Å². The van der Waals surface area contributed by atoms with Crippen molar-refractivity contribution in [3.05, 3.63) is 35.9 Å². The van der Waals surface area contributed by atoms with Gasteiger partial charge >= 0.3 is 6.09 Å². The standard InChI is InChI=1S/C16H21N3O5/c17-14(21)13(20)8-18-15(22)12-6-7-19(9-12)16(23)24-10-11-4-2-1-3-5-11/h1-5,12-13,20H,6-10H2,(H2,17,21)(H,18,22). The van der Waals surface area contributed by atoms with Gasteiger partial charge in [0.1, 0.15) is 12.7 Å². The molecule has 4 N–H and O–H groups in total. The molecule has 130 valence electrons. The maximum absolute atomic E-state index is 12.0. The quantitative estimate of drug-likeness (QED) is 0.653. The number of likely N-dealkylation sites (tertiary alicyclic amines) is 1. The first-order chi connectivity index (χ1) is 11.5. The second-order valence-corrected chi connectivity index (χ2v) is 5.64. The summed E-state index contributed by atoms with van der Waals surface area (Å²) in [5, 5.41) is 11.7. The molecule has 0 radical (unpaired) electrons. The lowest BCUT2D eigenvalue weighted by Gasteiger charge is -2.16. The molecule has 0 saturated carbocycles. The zero-order valence-electron chi connectivity index (χ0n) is 13.2. The molecule has 0 bridgehead atoms. The minimum absolute atomic E-state index is 0.178. The van der Waals surface area contributed by atoms with Crippen LogP contribution in [-0.2, 0) is 20.9 Å². The highest BCUT2D eigenvalue weighted by Gasteiger charge is 2.32. The summed E-state index contributed by atoms with van der Waals surface area (Å²) in [5.74, 6) is -1.61. The van der Waals surface area contributed by atoms with E-state index in [9.17, 15) is 19.5 Å². The van der Waals surface area contributed by atoms with Crippen molar-refractivity contribution in [2.75, 3.05) is 19.6 Å². The van der Waals surface area contributed by atoms with E-state index in [1.807, 2.05) is 30.3 Å². The third-order valence-electron chi connectivity index (χ3n) is 3.82. The zero-order chi connectivity index (χ0) is 17.5. The summed E-state index contributed by atoms with van der Waals surface area (Å²) < 4.78 is 5.22. The van der Waals surface area contributed by atoms with Gasteiger partial charge in [0.2, 0.25) is 11.8 Å². The Labute approximate surface area is 139 Å². The number of hydrogen-bond acceptors (Lipinski definition) is 5. The fourth-order valence-electron chi connectivity index (χ4n) is 2.39. The monoisotopic (exact) mass is 335 g/mol. The molecule has 1 saturated heterocycles. The number of carbonyl (C=O) groups excluding carboxylic acids is 3. The van der Waals surface area contributed by atoms with Gasteiger partial charge in [-0.05, 0) is 12.0 Å². The molecule has 24 heavy (non-hydrogen) atoms. The summed E-state index contributed by atoms with van der Waals surface area (Å²) >= 11 is 0. The maximum atomic E-state index is 12.0. The molecule has 0 spiro atoms. The number of amides is 3. The van der Waals surface area contributed by atoms with Crippen LogP contribution in [0, 0.1) is 5.92 Å². The zero-order valence-corrected chi connectivity index (χ0v) is 13.2. The Morgan fingerprint density at radius 1 is 1.33 bits per heavy atom. The maximum Gasteiger partial charge on any atom is 0.410 e. The second-order valence-electron chi connectivity index (χ2n) is 5.64. The Balaban J connectivity index is 1.74. The fourth-order valence-corrected chi connectivity index (χ4v) is 2.39. The third-order valence-corrected chi connectivity index (χ3v) is 3.82. The number of carbonyl (C=O) groups is 3. The molecule has 1 aromatic rings. The number of hydrogen-bond donors (Lipinski definition) is 3. The molecule has 2 unspecified atom stereocenters. The lowest BCUT2D eigenvalue weighted by atomic mass is 10.1. The number of aliphatic hydroxyl groups excluding tert-OH is 1. The molecule has 1 fully saturated rings. The predicted octanol–water partition coefficient (Wildman–Crippen LogP) is -0.392. The number of nitrogens with one attached hydrogen (secondary N) is 1. The summed E-state index contributed by atoms with van der Waals surface area (Å²) in [6, 6.07) is 9.32. The average molecular weight is 335 g/mol. The van der Waals surface area contributed by atoms with Crippen LogP contribution in [0.3, 0.4) is 0 Å². The summed E-state index contributed by atoms with van der Waals surface area (Å²) in [4.78, 5) is 36.2. The first-order valence-electron chi connectivity index (χ1n) is 7.68. The largest absolute Gasteiger partial charge is 0.445 e. The first kappa shape index (κ1) is 17.7. The Hall–Kier alpha value is -2.61. The summed E-state index contributed by atoms with van der Waals surface area (Å²) in [6.45, 7) is 0.608. The van der Waals surface area contributed by atoms with Crippen LogP contribution in [0.15, 0.2) is 30.3 Å². The topological polar surface area (TPSA) is 122 Å². The summed E-state index contributed by atoms with van der Waals surface area (Å²) in [5.41, 5.74) is 5.80. The molecule has 1 aliphatic rings. The summed E-state index contributed by atoms with van der Waals surface area (Å²) in [6.07, 6.45) is -1.38. The van der Waals surface area contributed by atoms with Gasteiger partial charge < -0.3 is 25.8 Å². The number of nitrogens with zero attached hydrogens (tertiary/aromatic N) is 1. The van der Waals surface area contributed by atoms with Gasteiger partial charge in [-0.3, -0.25) is 9.59 Å². The van der Waals surface area contributed by atoms with E-state index in [0.29, 0.717) is 13.0 Å². The van der Waals surface area contributed by atoms with E-state index in [1.165, 1.54) is 4.90 Å². The number of primary amides is 1. The van der Waals surface area contributed by atoms with Crippen LogP contribution in [0.4, 0.5) is 4.79 Å². The van der Waals surface area contributed by atoms with Gasteiger partial charge in [0.25, 0.3) is 0 Å². The van der Waals surface area contributed by atoms with E-state index in [0.717, 1.165) is 5.56 Å². The lowest BCUT2D eigenvalue weighted by Crippen LogP contribution is -2.42. The van der Waals surface area contributed by atoms with E-state index in [2.05, 4.69) is 5.32 Å². The number of nitrogens with two attached hydrogens (primary N) is 1. The number of aliphatic hydroxyl groups is 1. The van der Waals surface area contributed by atoms with Crippen molar-refractivity contribution in [1.29, 1.82) is 0 Å². The summed E-state index contributed by atoms with van der Waals surface area (Å²) in [7, 11) is 0. The normalized spacial score (nSPS) is 18.0. The van der Waals surface area contributed by atoms with Gasteiger partial charge in [-0.2, -0.15) is 0 Å². The Bertz CT molecular complexity index is 593. The predicted molar refractivity (Wildman–Crippen MR) is 84.5 cm³/mol. The van der Waals surface area contributed by atoms with Crippen molar-refractivity contribution < 1.29 is 24.2 Å². The molecule has 0 aromatic heterocycles. The molecule has 8 heteroatoms. The molecule has 0 aliphatic carbocycles. The Morgan fingerprint density at radius 2 is 2.04 bits per heavy atom. The number of benzene rings is 1. The first-order valence-corrected chi connectivity index (χ1v) is 7.68. The van der Waals surface area contributed by atoms with Crippen molar-refractivity contribution in [1.82, 2.24) is 10.2 Å². The van der Waals surface area contributed by atoms with Gasteiger partial charge in [-0.1, -0.05) is 30.3 Å². The van der Waals surface area contributed by atoms with Crippen LogP contribution < -0.4 is 11.1 Å².